The third kappa shape index (κ3) is 4.72. The summed E-state index contributed by atoms with van der Waals surface area (Å²) in [6, 6.07) is 11.4. The van der Waals surface area contributed by atoms with Crippen molar-refractivity contribution in [1.29, 1.82) is 0 Å². The van der Waals surface area contributed by atoms with Crippen LogP contribution in [-0.2, 0) is 9.53 Å². The highest BCUT2D eigenvalue weighted by molar-refractivity contribution is 7.12. The highest BCUT2D eigenvalue weighted by atomic mass is 32.1. The zero-order valence-corrected chi connectivity index (χ0v) is 17.0. The molecule has 150 valence electrons. The van der Waals surface area contributed by atoms with Crippen LogP contribution in [0, 0.1) is 5.92 Å². The normalized spacial score (nSPS) is 18.9. The van der Waals surface area contributed by atoms with E-state index in [4.69, 9.17) is 9.47 Å². The van der Waals surface area contributed by atoms with Crippen molar-refractivity contribution in [2.45, 2.75) is 12.3 Å². The lowest BCUT2D eigenvalue weighted by atomic mass is 9.88. The van der Waals surface area contributed by atoms with Crippen LogP contribution in [0.5, 0.6) is 5.75 Å². The van der Waals surface area contributed by atoms with Gasteiger partial charge in [0.2, 0.25) is 5.91 Å². The molecule has 2 aromatic rings. The molecule has 28 heavy (non-hydrogen) atoms. The molecule has 3 rings (SSSR count). The number of likely N-dealkylation sites (tertiary alicyclic amines) is 1. The zero-order valence-electron chi connectivity index (χ0n) is 16.2. The summed E-state index contributed by atoms with van der Waals surface area (Å²) in [6.07, 6.45) is 0.761. The molecule has 7 heteroatoms. The Hall–Kier alpha value is -2.38. The van der Waals surface area contributed by atoms with Crippen LogP contribution >= 0.6 is 11.3 Å². The molecule has 1 saturated heterocycles. The van der Waals surface area contributed by atoms with Crippen LogP contribution in [-0.4, -0.2) is 57.2 Å². The lowest BCUT2D eigenvalue weighted by Crippen LogP contribution is -2.36. The number of methoxy groups -OCH3 is 2. The smallest absolute Gasteiger partial charge is 0.263 e. The molecule has 1 fully saturated rings. The Balaban J connectivity index is 1.78. The molecule has 0 aliphatic carbocycles. The number of carbonyl (C=O) groups excluding carboxylic acids is 2. The molecular formula is C21H26N2O4S. The summed E-state index contributed by atoms with van der Waals surface area (Å²) >= 11 is 1.42. The largest absolute Gasteiger partial charge is 0.497 e. The Labute approximate surface area is 169 Å². The van der Waals surface area contributed by atoms with Crippen molar-refractivity contribution in [3.63, 3.8) is 0 Å². The number of nitrogens with one attached hydrogen (secondary N) is 1. The zero-order chi connectivity index (χ0) is 19.9. The minimum absolute atomic E-state index is 0.0161. The van der Waals surface area contributed by atoms with Gasteiger partial charge in [-0.1, -0.05) is 18.2 Å². The molecule has 1 aromatic heterocycles. The van der Waals surface area contributed by atoms with E-state index in [9.17, 15) is 9.59 Å². The Morgan fingerprint density at radius 1 is 1.21 bits per heavy atom. The number of hydrogen-bond donors (Lipinski definition) is 1. The van der Waals surface area contributed by atoms with Gasteiger partial charge in [-0.2, -0.15) is 0 Å². The van der Waals surface area contributed by atoms with E-state index < -0.39 is 0 Å². The number of hydrogen-bond acceptors (Lipinski definition) is 5. The fourth-order valence-electron chi connectivity index (χ4n) is 3.56. The van der Waals surface area contributed by atoms with Gasteiger partial charge in [0.05, 0.1) is 17.9 Å². The Kier molecular flexibility index (Phi) is 7.06. The number of nitrogens with zero attached hydrogens (tertiary/aromatic N) is 1. The lowest BCUT2D eigenvalue weighted by molar-refractivity contribution is -0.124. The van der Waals surface area contributed by atoms with Gasteiger partial charge in [-0.05, 0) is 35.6 Å². The van der Waals surface area contributed by atoms with E-state index in [-0.39, 0.29) is 23.7 Å². The first-order valence-corrected chi connectivity index (χ1v) is 10.3. The average Bonchev–Trinajstić information content (AvgIpc) is 3.41. The fourth-order valence-corrected chi connectivity index (χ4v) is 4.25. The van der Waals surface area contributed by atoms with Crippen molar-refractivity contribution in [3.05, 3.63) is 52.2 Å². The van der Waals surface area contributed by atoms with E-state index in [1.165, 1.54) is 11.3 Å². The maximum Gasteiger partial charge on any atom is 0.263 e. The van der Waals surface area contributed by atoms with E-state index in [0.717, 1.165) is 17.7 Å². The third-order valence-electron chi connectivity index (χ3n) is 5.02. The van der Waals surface area contributed by atoms with Crippen LogP contribution in [0.25, 0.3) is 0 Å². The monoisotopic (exact) mass is 402 g/mol. The summed E-state index contributed by atoms with van der Waals surface area (Å²) in [5, 5.41) is 4.89. The molecule has 2 amide bonds. The summed E-state index contributed by atoms with van der Waals surface area (Å²) in [5.41, 5.74) is 1.01. The van der Waals surface area contributed by atoms with Crippen molar-refractivity contribution in [1.82, 2.24) is 10.2 Å². The second-order valence-electron chi connectivity index (χ2n) is 6.81. The second-order valence-corrected chi connectivity index (χ2v) is 7.76. The molecule has 0 radical (unpaired) electrons. The Morgan fingerprint density at radius 3 is 2.79 bits per heavy atom. The first kappa shape index (κ1) is 20.4. The van der Waals surface area contributed by atoms with E-state index in [1.807, 2.05) is 41.8 Å². The molecule has 1 aromatic carbocycles. The number of rotatable bonds is 8. The van der Waals surface area contributed by atoms with Crippen molar-refractivity contribution in [2.24, 2.45) is 5.92 Å². The lowest BCUT2D eigenvalue weighted by Gasteiger charge is -2.18. The van der Waals surface area contributed by atoms with Gasteiger partial charge in [-0.15, -0.1) is 11.3 Å². The van der Waals surface area contributed by atoms with E-state index in [1.54, 1.807) is 19.1 Å². The summed E-state index contributed by atoms with van der Waals surface area (Å²) in [5.74, 6) is 0.350. The molecule has 2 unspecified atom stereocenters. The minimum Gasteiger partial charge on any atom is -0.497 e. The average molecular weight is 403 g/mol. The Morgan fingerprint density at radius 2 is 2.07 bits per heavy atom. The van der Waals surface area contributed by atoms with Crippen LogP contribution in [0.4, 0.5) is 0 Å². The van der Waals surface area contributed by atoms with Crippen LogP contribution in [0.2, 0.25) is 0 Å². The standard InChI is InChI=1S/C21H26N2O4S/c1-26-10-5-9-22-20(24)18-14-23(21(25)19-8-4-11-28-19)13-17(18)15-6-3-7-16(12-15)27-2/h3-4,6-8,11-12,17-18H,5,9-10,13-14H2,1-2H3,(H,22,24). The summed E-state index contributed by atoms with van der Waals surface area (Å²) in [7, 11) is 3.27. The van der Waals surface area contributed by atoms with Gasteiger partial charge in [-0.25, -0.2) is 0 Å². The summed E-state index contributed by atoms with van der Waals surface area (Å²) < 4.78 is 10.4. The molecule has 1 aliphatic rings. The molecule has 0 bridgehead atoms. The number of ether oxygens (including phenoxy) is 2. The maximum absolute atomic E-state index is 12.9. The molecule has 6 nitrogen and oxygen atoms in total. The van der Waals surface area contributed by atoms with Gasteiger partial charge < -0.3 is 19.7 Å². The van der Waals surface area contributed by atoms with Gasteiger partial charge in [0.15, 0.2) is 0 Å². The quantitative estimate of drug-likeness (QED) is 0.690. The van der Waals surface area contributed by atoms with Gasteiger partial charge in [0, 0.05) is 39.3 Å². The molecular weight excluding hydrogens is 376 g/mol. The van der Waals surface area contributed by atoms with Crippen LogP contribution in [0.1, 0.15) is 27.6 Å². The molecule has 1 N–H and O–H groups in total. The van der Waals surface area contributed by atoms with E-state index in [0.29, 0.717) is 31.1 Å². The highest BCUT2D eigenvalue weighted by Crippen LogP contribution is 2.35. The highest BCUT2D eigenvalue weighted by Gasteiger charge is 2.40. The van der Waals surface area contributed by atoms with Gasteiger partial charge >= 0.3 is 0 Å². The third-order valence-corrected chi connectivity index (χ3v) is 5.88. The first-order valence-electron chi connectivity index (χ1n) is 9.37. The van der Waals surface area contributed by atoms with Crippen molar-refractivity contribution in [3.8, 4) is 5.75 Å². The minimum atomic E-state index is -0.293. The molecule has 0 spiro atoms. The SMILES string of the molecule is COCCCNC(=O)C1CN(C(=O)c2cccs2)CC1c1cccc(OC)c1. The molecule has 2 heterocycles. The van der Waals surface area contributed by atoms with Crippen LogP contribution in [0.3, 0.4) is 0 Å². The van der Waals surface area contributed by atoms with Crippen molar-refractivity contribution < 1.29 is 19.1 Å². The van der Waals surface area contributed by atoms with E-state index >= 15 is 0 Å². The van der Waals surface area contributed by atoms with Crippen LogP contribution < -0.4 is 10.1 Å². The summed E-state index contributed by atoms with van der Waals surface area (Å²) in [4.78, 5) is 28.2. The van der Waals surface area contributed by atoms with Crippen LogP contribution in [0.15, 0.2) is 41.8 Å². The van der Waals surface area contributed by atoms with E-state index in [2.05, 4.69) is 5.32 Å². The van der Waals surface area contributed by atoms with Gasteiger partial charge in [0.1, 0.15) is 5.75 Å². The molecule has 0 saturated carbocycles. The summed E-state index contributed by atoms with van der Waals surface area (Å²) in [6.45, 7) is 2.09. The number of carbonyl (C=O) groups is 2. The number of thiophene rings is 1. The molecule has 1 aliphatic heterocycles. The second kappa shape index (κ2) is 9.71. The number of benzene rings is 1. The fraction of sp³-hybridized carbons (Fsp3) is 0.429. The predicted octanol–water partition coefficient (Wildman–Crippen LogP) is 2.77. The topological polar surface area (TPSA) is 67.9 Å². The van der Waals surface area contributed by atoms with Crippen molar-refractivity contribution >= 4 is 23.2 Å². The predicted molar refractivity (Wildman–Crippen MR) is 109 cm³/mol. The van der Waals surface area contributed by atoms with Crippen molar-refractivity contribution in [2.75, 3.05) is 40.5 Å². The first-order chi connectivity index (χ1) is 13.6. The molecule has 2 atom stereocenters. The maximum atomic E-state index is 12.9. The Bertz CT molecular complexity index is 793. The van der Waals surface area contributed by atoms with Gasteiger partial charge in [-0.3, -0.25) is 9.59 Å². The van der Waals surface area contributed by atoms with Gasteiger partial charge in [0.25, 0.3) is 5.91 Å². The number of amides is 2.